The molecule has 0 saturated heterocycles. The van der Waals surface area contributed by atoms with E-state index >= 15 is 0 Å². The Morgan fingerprint density at radius 3 is 1.98 bits per heavy atom. The number of nitrogen functional groups attached to an aromatic ring is 1. The molecule has 0 aliphatic rings. The third-order valence-corrected chi connectivity index (χ3v) is 7.54. The first-order valence-electron chi connectivity index (χ1n) is 12.6. The van der Waals surface area contributed by atoms with E-state index in [9.17, 15) is 9.59 Å². The predicted molar refractivity (Wildman–Crippen MR) is 166 cm³/mol. The zero-order chi connectivity index (χ0) is 28.3. The summed E-state index contributed by atoms with van der Waals surface area (Å²) in [5.74, 6) is 0.215. The quantitative estimate of drug-likeness (QED) is 0.170. The SMILES string of the molecule is Cc1ccc2nc(CC(=O)Cc3ccccc3)sc2c1.Cc1ccc2nc(N)sc2c1.O=C=Nc1ccccc1. The van der Waals surface area contributed by atoms with Gasteiger partial charge in [0.15, 0.2) is 5.13 Å². The van der Waals surface area contributed by atoms with Crippen molar-refractivity contribution in [1.82, 2.24) is 9.97 Å². The first kappa shape index (κ1) is 28.5. The van der Waals surface area contributed by atoms with Crippen LogP contribution in [0.15, 0.2) is 102 Å². The maximum Gasteiger partial charge on any atom is 0.240 e. The lowest BCUT2D eigenvalue weighted by atomic mass is 10.1. The monoisotopic (exact) mass is 564 g/mol. The molecule has 2 N–H and O–H groups in total. The van der Waals surface area contributed by atoms with E-state index in [1.807, 2.05) is 66.7 Å². The number of Topliss-reactive ketones (excluding diaryl/α,β-unsaturated/α-hetero) is 1. The van der Waals surface area contributed by atoms with Crippen LogP contribution in [0.3, 0.4) is 0 Å². The number of isocyanates is 1. The van der Waals surface area contributed by atoms with Crippen molar-refractivity contribution in [3.05, 3.63) is 119 Å². The highest BCUT2D eigenvalue weighted by molar-refractivity contribution is 7.22. The van der Waals surface area contributed by atoms with E-state index in [4.69, 9.17) is 5.73 Å². The number of hydrogen-bond donors (Lipinski definition) is 1. The van der Waals surface area contributed by atoms with E-state index in [0.717, 1.165) is 26.3 Å². The van der Waals surface area contributed by atoms with Gasteiger partial charge in [-0.2, -0.15) is 4.99 Å². The number of benzene rings is 4. The van der Waals surface area contributed by atoms with E-state index in [-0.39, 0.29) is 5.78 Å². The van der Waals surface area contributed by atoms with Crippen molar-refractivity contribution in [2.45, 2.75) is 26.7 Å². The summed E-state index contributed by atoms with van der Waals surface area (Å²) in [5, 5.41) is 1.55. The number of aliphatic imine (C=N–C) groups is 1. The fraction of sp³-hybridized carbons (Fsp3) is 0.125. The molecular formula is C32H28N4O2S2. The van der Waals surface area contributed by atoms with Crippen LogP contribution >= 0.6 is 22.7 Å². The van der Waals surface area contributed by atoms with Crippen molar-refractivity contribution in [1.29, 1.82) is 0 Å². The Bertz CT molecular complexity index is 1760. The standard InChI is InChI=1S/C17H15NOS.C8H8N2S.C7H5NO/c1-12-7-8-15-16(9-12)20-17(18-15)11-14(19)10-13-5-3-2-4-6-13;1-5-2-3-6-7(4-5)11-8(9)10-6;9-6-8-7-4-2-1-3-5-7/h2-9H,10-11H2,1H3;2-4H,1H3,(H2,9,10);1-5H. The summed E-state index contributed by atoms with van der Waals surface area (Å²) < 4.78 is 2.33. The summed E-state index contributed by atoms with van der Waals surface area (Å²) in [6, 6.07) is 31.2. The minimum Gasteiger partial charge on any atom is -0.375 e. The van der Waals surface area contributed by atoms with Gasteiger partial charge < -0.3 is 5.73 Å². The lowest BCUT2D eigenvalue weighted by Gasteiger charge is -1.98. The maximum atomic E-state index is 12.1. The number of para-hydroxylation sites is 1. The number of nitrogens with two attached hydrogens (primary N) is 1. The number of aryl methyl sites for hydroxylation is 2. The van der Waals surface area contributed by atoms with Gasteiger partial charge in [-0.1, -0.05) is 72.0 Å². The van der Waals surface area contributed by atoms with E-state index in [1.54, 1.807) is 23.5 Å². The van der Waals surface area contributed by atoms with Crippen molar-refractivity contribution < 1.29 is 9.59 Å². The Hall–Kier alpha value is -4.49. The molecule has 0 atom stereocenters. The second-order valence-corrected chi connectivity index (χ2v) is 11.2. The number of thiazole rings is 2. The van der Waals surface area contributed by atoms with Gasteiger partial charge in [0.25, 0.3) is 0 Å². The fourth-order valence-corrected chi connectivity index (χ4v) is 5.74. The molecule has 8 heteroatoms. The van der Waals surface area contributed by atoms with Crippen molar-refractivity contribution in [2.75, 3.05) is 5.73 Å². The molecule has 0 aliphatic carbocycles. The van der Waals surface area contributed by atoms with E-state index in [1.165, 1.54) is 33.2 Å². The number of rotatable bonds is 5. The average molecular weight is 565 g/mol. The Kier molecular flexibility index (Phi) is 10.0. The maximum absolute atomic E-state index is 12.1. The van der Waals surface area contributed by atoms with Gasteiger partial charge in [-0.3, -0.25) is 4.79 Å². The number of nitrogens with zero attached hydrogens (tertiary/aromatic N) is 3. The van der Waals surface area contributed by atoms with Crippen LogP contribution in [0.1, 0.15) is 21.7 Å². The van der Waals surface area contributed by atoms with E-state index < -0.39 is 0 Å². The molecule has 0 fully saturated rings. The van der Waals surface area contributed by atoms with Crippen LogP contribution in [0.2, 0.25) is 0 Å². The van der Waals surface area contributed by atoms with Crippen LogP contribution in [-0.2, 0) is 22.4 Å². The zero-order valence-corrected chi connectivity index (χ0v) is 23.8. The van der Waals surface area contributed by atoms with Gasteiger partial charge in [-0.05, 0) is 66.9 Å². The summed E-state index contributed by atoms with van der Waals surface area (Å²) in [4.78, 5) is 33.9. The zero-order valence-electron chi connectivity index (χ0n) is 22.2. The third-order valence-electron chi connectivity index (χ3n) is 5.67. The summed E-state index contributed by atoms with van der Waals surface area (Å²) in [6.07, 6.45) is 2.36. The van der Waals surface area contributed by atoms with Gasteiger partial charge in [0.05, 0.1) is 32.5 Å². The van der Waals surface area contributed by atoms with Crippen molar-refractivity contribution >= 4 is 65.8 Å². The second-order valence-electron chi connectivity index (χ2n) is 9.02. The number of hydrogen-bond acceptors (Lipinski definition) is 8. The summed E-state index contributed by atoms with van der Waals surface area (Å²) >= 11 is 3.15. The molecular weight excluding hydrogens is 537 g/mol. The molecule has 40 heavy (non-hydrogen) atoms. The summed E-state index contributed by atoms with van der Waals surface area (Å²) in [6.45, 7) is 4.13. The minimum atomic E-state index is 0.215. The van der Waals surface area contributed by atoms with Crippen LogP contribution < -0.4 is 5.73 Å². The molecule has 0 aliphatic heterocycles. The molecule has 0 amide bonds. The molecule has 200 valence electrons. The number of anilines is 1. The van der Waals surface area contributed by atoms with Gasteiger partial charge in [0, 0.05) is 6.42 Å². The van der Waals surface area contributed by atoms with Gasteiger partial charge in [-0.15, -0.1) is 11.3 Å². The second kappa shape index (κ2) is 14.1. The van der Waals surface area contributed by atoms with Crippen molar-refractivity contribution in [2.24, 2.45) is 4.99 Å². The lowest BCUT2D eigenvalue weighted by Crippen LogP contribution is -2.06. The lowest BCUT2D eigenvalue weighted by molar-refractivity contribution is -0.117. The minimum absolute atomic E-state index is 0.215. The van der Waals surface area contributed by atoms with Crippen molar-refractivity contribution in [3.8, 4) is 0 Å². The first-order chi connectivity index (χ1) is 19.4. The molecule has 2 aromatic heterocycles. The largest absolute Gasteiger partial charge is 0.375 e. The van der Waals surface area contributed by atoms with E-state index in [2.05, 4.69) is 47.0 Å². The number of fused-ring (bicyclic) bond motifs is 2. The average Bonchev–Trinajstić information content (AvgIpc) is 3.51. The molecule has 0 radical (unpaired) electrons. The molecule has 6 nitrogen and oxygen atoms in total. The van der Waals surface area contributed by atoms with Gasteiger partial charge in [0.1, 0.15) is 10.8 Å². The summed E-state index contributed by atoms with van der Waals surface area (Å²) in [5.41, 5.74) is 11.7. The molecule has 2 heterocycles. The van der Waals surface area contributed by atoms with Crippen LogP contribution in [0.25, 0.3) is 20.4 Å². The van der Waals surface area contributed by atoms with Gasteiger partial charge >= 0.3 is 0 Å². The summed E-state index contributed by atoms with van der Waals surface area (Å²) in [7, 11) is 0. The fourth-order valence-electron chi connectivity index (χ4n) is 3.81. The third kappa shape index (κ3) is 8.51. The predicted octanol–water partition coefficient (Wildman–Crippen LogP) is 7.80. The number of carbonyl (C=O) groups excluding carboxylic acids is 2. The van der Waals surface area contributed by atoms with Crippen LogP contribution in [-0.4, -0.2) is 21.8 Å². The topological polar surface area (TPSA) is 98.3 Å². The number of ketones is 1. The normalized spacial score (nSPS) is 10.2. The molecule has 0 spiro atoms. The Labute approximate surface area is 240 Å². The van der Waals surface area contributed by atoms with Crippen molar-refractivity contribution in [3.63, 3.8) is 0 Å². The molecule has 6 rings (SSSR count). The van der Waals surface area contributed by atoms with Gasteiger partial charge in [0.2, 0.25) is 6.08 Å². The molecule has 0 bridgehead atoms. The Balaban J connectivity index is 0.000000155. The highest BCUT2D eigenvalue weighted by Crippen LogP contribution is 2.25. The highest BCUT2D eigenvalue weighted by atomic mass is 32.1. The Morgan fingerprint density at radius 2 is 1.35 bits per heavy atom. The molecule has 0 unspecified atom stereocenters. The smallest absolute Gasteiger partial charge is 0.240 e. The van der Waals surface area contributed by atoms with Crippen LogP contribution in [0.5, 0.6) is 0 Å². The van der Waals surface area contributed by atoms with Gasteiger partial charge in [-0.25, -0.2) is 14.8 Å². The van der Waals surface area contributed by atoms with Crippen LogP contribution in [0, 0.1) is 13.8 Å². The highest BCUT2D eigenvalue weighted by Gasteiger charge is 2.10. The number of aromatic nitrogens is 2. The van der Waals surface area contributed by atoms with E-state index in [0.29, 0.717) is 23.7 Å². The first-order valence-corrected chi connectivity index (χ1v) is 14.2. The Morgan fingerprint density at radius 1 is 0.775 bits per heavy atom. The van der Waals surface area contributed by atoms with Crippen LogP contribution in [0.4, 0.5) is 10.8 Å². The molecule has 4 aromatic carbocycles. The number of carbonyl (C=O) groups is 1. The molecule has 6 aromatic rings. The molecule has 0 saturated carbocycles.